The van der Waals surface area contributed by atoms with Gasteiger partial charge in [0.05, 0.1) is 5.92 Å². The molecule has 0 aromatic rings. The summed E-state index contributed by atoms with van der Waals surface area (Å²) in [7, 11) is 1.99. The molecule has 1 amide bonds. The van der Waals surface area contributed by atoms with E-state index in [2.05, 4.69) is 11.8 Å². The van der Waals surface area contributed by atoms with Crippen molar-refractivity contribution in [2.45, 2.75) is 20.3 Å². The van der Waals surface area contributed by atoms with Gasteiger partial charge in [0.1, 0.15) is 0 Å². The van der Waals surface area contributed by atoms with Gasteiger partial charge in [-0.15, -0.1) is 0 Å². The predicted molar refractivity (Wildman–Crippen MR) is 46.1 cm³/mol. The maximum atomic E-state index is 10.8. The van der Waals surface area contributed by atoms with Crippen LogP contribution in [0.5, 0.6) is 0 Å². The van der Waals surface area contributed by atoms with Crippen LogP contribution in [0.25, 0.3) is 0 Å². The van der Waals surface area contributed by atoms with E-state index in [-0.39, 0.29) is 11.8 Å². The fourth-order valence-electron chi connectivity index (χ4n) is 0.926. The van der Waals surface area contributed by atoms with Crippen LogP contribution in [-0.2, 0) is 4.79 Å². The molecular formula is C8H18N2O. The summed E-state index contributed by atoms with van der Waals surface area (Å²) in [5.41, 5.74) is 5.18. The third kappa shape index (κ3) is 3.98. The molecule has 2 N–H and O–H groups in total. The Balaban J connectivity index is 3.77. The minimum atomic E-state index is -0.187. The maximum absolute atomic E-state index is 10.8. The van der Waals surface area contributed by atoms with Gasteiger partial charge in [0.2, 0.25) is 5.91 Å². The Kier molecular flexibility index (Phi) is 4.86. The van der Waals surface area contributed by atoms with Crippen molar-refractivity contribution in [2.24, 2.45) is 11.7 Å². The van der Waals surface area contributed by atoms with Crippen molar-refractivity contribution in [2.75, 3.05) is 20.1 Å². The summed E-state index contributed by atoms with van der Waals surface area (Å²) in [6.07, 6.45) is 0.833. The minimum Gasteiger partial charge on any atom is -0.369 e. The first-order chi connectivity index (χ1) is 5.11. The minimum absolute atomic E-state index is 0.0138. The fourth-order valence-corrected chi connectivity index (χ4v) is 0.926. The van der Waals surface area contributed by atoms with E-state index in [0.717, 1.165) is 19.5 Å². The molecule has 1 atom stereocenters. The van der Waals surface area contributed by atoms with Gasteiger partial charge in [-0.3, -0.25) is 4.79 Å². The highest BCUT2D eigenvalue weighted by Crippen LogP contribution is 2.02. The van der Waals surface area contributed by atoms with Gasteiger partial charge in [-0.05, 0) is 20.0 Å². The Bertz CT molecular complexity index is 125. The third-order valence-electron chi connectivity index (χ3n) is 1.97. The lowest BCUT2D eigenvalue weighted by molar-refractivity contribution is -0.122. The van der Waals surface area contributed by atoms with Crippen LogP contribution in [0.4, 0.5) is 0 Å². The molecule has 1 unspecified atom stereocenters. The molecule has 0 saturated carbocycles. The van der Waals surface area contributed by atoms with Crippen LogP contribution >= 0.6 is 0 Å². The topological polar surface area (TPSA) is 46.3 Å². The Morgan fingerprint density at radius 2 is 2.09 bits per heavy atom. The van der Waals surface area contributed by atoms with Crippen LogP contribution in [0.1, 0.15) is 20.3 Å². The zero-order chi connectivity index (χ0) is 8.85. The Morgan fingerprint density at radius 3 is 2.36 bits per heavy atom. The molecule has 66 valence electrons. The second-order valence-electron chi connectivity index (χ2n) is 2.86. The third-order valence-corrected chi connectivity index (χ3v) is 1.97. The van der Waals surface area contributed by atoms with E-state index in [1.54, 1.807) is 0 Å². The van der Waals surface area contributed by atoms with Gasteiger partial charge in [0, 0.05) is 6.54 Å². The second-order valence-corrected chi connectivity index (χ2v) is 2.86. The van der Waals surface area contributed by atoms with Crippen molar-refractivity contribution in [1.29, 1.82) is 0 Å². The molecule has 0 saturated heterocycles. The van der Waals surface area contributed by atoms with E-state index in [9.17, 15) is 4.79 Å². The molecule has 0 heterocycles. The zero-order valence-electron chi connectivity index (χ0n) is 7.63. The van der Waals surface area contributed by atoms with Crippen LogP contribution in [0, 0.1) is 5.92 Å². The second kappa shape index (κ2) is 5.13. The number of nitrogens with two attached hydrogens (primary N) is 1. The molecule has 0 spiro atoms. The van der Waals surface area contributed by atoms with Crippen molar-refractivity contribution in [3.63, 3.8) is 0 Å². The van der Waals surface area contributed by atoms with Crippen LogP contribution < -0.4 is 5.73 Å². The monoisotopic (exact) mass is 158 g/mol. The Labute approximate surface area is 68.6 Å². The maximum Gasteiger partial charge on any atom is 0.221 e. The lowest BCUT2D eigenvalue weighted by Crippen LogP contribution is -2.33. The molecule has 3 heteroatoms. The number of hydrogen-bond donors (Lipinski definition) is 1. The van der Waals surface area contributed by atoms with E-state index >= 15 is 0 Å². The number of rotatable bonds is 5. The van der Waals surface area contributed by atoms with E-state index < -0.39 is 0 Å². The van der Waals surface area contributed by atoms with E-state index in [4.69, 9.17) is 5.73 Å². The van der Waals surface area contributed by atoms with E-state index in [0.29, 0.717) is 0 Å². The molecule has 0 aromatic carbocycles. The molecule has 0 aliphatic carbocycles. The van der Waals surface area contributed by atoms with Gasteiger partial charge >= 0.3 is 0 Å². The highest BCUT2D eigenvalue weighted by Gasteiger charge is 2.13. The number of amides is 1. The van der Waals surface area contributed by atoms with Crippen LogP contribution in [0.3, 0.4) is 0 Å². The first-order valence-corrected chi connectivity index (χ1v) is 4.09. The van der Waals surface area contributed by atoms with Gasteiger partial charge in [0.25, 0.3) is 0 Å². The van der Waals surface area contributed by atoms with Crippen molar-refractivity contribution in [3.05, 3.63) is 0 Å². The lowest BCUT2D eigenvalue weighted by atomic mass is 10.1. The highest BCUT2D eigenvalue weighted by molar-refractivity contribution is 5.76. The van der Waals surface area contributed by atoms with Crippen molar-refractivity contribution >= 4 is 5.91 Å². The van der Waals surface area contributed by atoms with Gasteiger partial charge in [-0.25, -0.2) is 0 Å². The standard InChI is InChI=1S/C8H18N2O/c1-4-7(8(9)11)6-10(3)5-2/h7H,4-6H2,1-3H3,(H2,9,11). The lowest BCUT2D eigenvalue weighted by Gasteiger charge is -2.18. The normalized spacial score (nSPS) is 13.5. The summed E-state index contributed by atoms with van der Waals surface area (Å²) in [5, 5.41) is 0. The van der Waals surface area contributed by atoms with Crippen molar-refractivity contribution in [3.8, 4) is 0 Å². The summed E-state index contributed by atoms with van der Waals surface area (Å²) >= 11 is 0. The largest absolute Gasteiger partial charge is 0.369 e. The number of nitrogens with zero attached hydrogens (tertiary/aromatic N) is 1. The summed E-state index contributed by atoms with van der Waals surface area (Å²) in [6.45, 7) is 5.79. The quantitative estimate of drug-likeness (QED) is 0.631. The molecular weight excluding hydrogens is 140 g/mol. The van der Waals surface area contributed by atoms with Gasteiger partial charge in [0.15, 0.2) is 0 Å². The number of carbonyl (C=O) groups is 1. The first kappa shape index (κ1) is 10.4. The Morgan fingerprint density at radius 1 is 1.55 bits per heavy atom. The van der Waals surface area contributed by atoms with Crippen LogP contribution in [0.2, 0.25) is 0 Å². The fraction of sp³-hybridized carbons (Fsp3) is 0.875. The molecule has 0 aliphatic heterocycles. The zero-order valence-corrected chi connectivity index (χ0v) is 7.63. The smallest absolute Gasteiger partial charge is 0.221 e. The molecule has 0 bridgehead atoms. The van der Waals surface area contributed by atoms with Crippen LogP contribution in [-0.4, -0.2) is 30.9 Å². The molecule has 0 aromatic heterocycles. The summed E-state index contributed by atoms with van der Waals surface area (Å²) in [4.78, 5) is 12.9. The molecule has 0 radical (unpaired) electrons. The summed E-state index contributed by atoms with van der Waals surface area (Å²) in [6, 6.07) is 0. The molecule has 3 nitrogen and oxygen atoms in total. The number of hydrogen-bond acceptors (Lipinski definition) is 2. The summed E-state index contributed by atoms with van der Waals surface area (Å²) in [5.74, 6) is -0.173. The average Bonchev–Trinajstić information content (AvgIpc) is 1.99. The van der Waals surface area contributed by atoms with Gasteiger partial charge in [-0.1, -0.05) is 13.8 Å². The van der Waals surface area contributed by atoms with Gasteiger partial charge in [-0.2, -0.15) is 0 Å². The SMILES string of the molecule is CCC(CN(C)CC)C(N)=O. The molecule has 0 rings (SSSR count). The molecule has 0 fully saturated rings. The number of primary amides is 1. The van der Waals surface area contributed by atoms with E-state index in [1.165, 1.54) is 0 Å². The molecule has 11 heavy (non-hydrogen) atoms. The summed E-state index contributed by atoms with van der Waals surface area (Å²) < 4.78 is 0. The van der Waals surface area contributed by atoms with Crippen molar-refractivity contribution < 1.29 is 4.79 Å². The average molecular weight is 158 g/mol. The first-order valence-electron chi connectivity index (χ1n) is 4.09. The highest BCUT2D eigenvalue weighted by atomic mass is 16.1. The van der Waals surface area contributed by atoms with E-state index in [1.807, 2.05) is 14.0 Å². The van der Waals surface area contributed by atoms with Crippen molar-refractivity contribution in [1.82, 2.24) is 4.90 Å². The predicted octanol–water partition coefficient (Wildman–Crippen LogP) is 0.450. The molecule has 0 aliphatic rings. The van der Waals surface area contributed by atoms with Gasteiger partial charge < -0.3 is 10.6 Å². The van der Waals surface area contributed by atoms with Crippen LogP contribution in [0.15, 0.2) is 0 Å². The Hall–Kier alpha value is -0.570. The number of carbonyl (C=O) groups excluding carboxylic acids is 1.